The maximum Gasteiger partial charge on any atom is 0.269 e. The topological polar surface area (TPSA) is 118 Å². The number of nitrogens with one attached hydrogen (secondary N) is 2. The maximum atomic E-state index is 12.1. The predicted molar refractivity (Wildman–Crippen MR) is 92.8 cm³/mol. The van der Waals surface area contributed by atoms with Gasteiger partial charge < -0.3 is 5.32 Å². The van der Waals surface area contributed by atoms with Crippen LogP contribution in [0.4, 0.5) is 11.4 Å². The van der Waals surface area contributed by atoms with Crippen LogP contribution in [0.1, 0.15) is 11.1 Å². The minimum Gasteiger partial charge on any atom is -0.325 e. The van der Waals surface area contributed by atoms with Crippen molar-refractivity contribution in [3.63, 3.8) is 0 Å². The van der Waals surface area contributed by atoms with Crippen LogP contribution >= 0.6 is 0 Å². The molecule has 2 rings (SSSR count). The molecule has 2 N–H and O–H groups in total. The number of anilines is 1. The number of hydrogen-bond acceptors (Lipinski definition) is 5. The molecule has 1 amide bonds. The normalized spacial score (nSPS) is 11.1. The molecule has 0 fully saturated rings. The summed E-state index contributed by atoms with van der Waals surface area (Å²) in [4.78, 5) is 21.8. The number of carbonyl (C=O) groups excluding carboxylic acids is 1. The van der Waals surface area contributed by atoms with Crippen molar-refractivity contribution >= 4 is 27.3 Å². The van der Waals surface area contributed by atoms with Crippen LogP contribution in [-0.2, 0) is 14.8 Å². The first kappa shape index (κ1) is 18.6. The Morgan fingerprint density at radius 1 is 1.12 bits per heavy atom. The van der Waals surface area contributed by atoms with E-state index in [9.17, 15) is 23.3 Å². The Kier molecular flexibility index (Phi) is 5.50. The summed E-state index contributed by atoms with van der Waals surface area (Å²) in [6.45, 7) is 3.31. The van der Waals surface area contributed by atoms with Crippen LogP contribution in [0, 0.1) is 24.0 Å². The highest BCUT2D eigenvalue weighted by Crippen LogP contribution is 2.17. The summed E-state index contributed by atoms with van der Waals surface area (Å²) in [5.74, 6) is -0.516. The zero-order valence-corrected chi connectivity index (χ0v) is 14.5. The molecule has 132 valence electrons. The van der Waals surface area contributed by atoms with Gasteiger partial charge in [-0.2, -0.15) is 0 Å². The van der Waals surface area contributed by atoms with Crippen LogP contribution in [0.25, 0.3) is 0 Å². The first-order valence-electron chi connectivity index (χ1n) is 7.30. The van der Waals surface area contributed by atoms with Gasteiger partial charge in [-0.25, -0.2) is 13.1 Å². The van der Waals surface area contributed by atoms with Crippen LogP contribution in [0.3, 0.4) is 0 Å². The van der Waals surface area contributed by atoms with Gasteiger partial charge >= 0.3 is 0 Å². The van der Waals surface area contributed by atoms with E-state index in [4.69, 9.17) is 0 Å². The summed E-state index contributed by atoms with van der Waals surface area (Å²) < 4.78 is 26.4. The molecule has 2 aromatic rings. The fourth-order valence-corrected chi connectivity index (χ4v) is 3.12. The van der Waals surface area contributed by atoms with Crippen LogP contribution in [0.15, 0.2) is 47.4 Å². The lowest BCUT2D eigenvalue weighted by molar-refractivity contribution is -0.384. The average Bonchev–Trinajstić information content (AvgIpc) is 2.56. The van der Waals surface area contributed by atoms with Crippen LogP contribution < -0.4 is 10.0 Å². The van der Waals surface area contributed by atoms with Crippen molar-refractivity contribution in [2.24, 2.45) is 0 Å². The van der Waals surface area contributed by atoms with Crippen LogP contribution in [0.5, 0.6) is 0 Å². The molecule has 0 atom stereocenters. The molecule has 9 heteroatoms. The first-order valence-corrected chi connectivity index (χ1v) is 8.78. The minimum atomic E-state index is -3.94. The molecule has 8 nitrogen and oxygen atoms in total. The number of aryl methyl sites for hydroxylation is 2. The largest absolute Gasteiger partial charge is 0.325 e. The van der Waals surface area contributed by atoms with E-state index in [-0.39, 0.29) is 10.6 Å². The molecule has 0 saturated heterocycles. The number of nitro benzene ring substituents is 1. The second-order valence-corrected chi connectivity index (χ2v) is 7.21. The van der Waals surface area contributed by atoms with E-state index in [1.54, 1.807) is 6.07 Å². The molecule has 0 heterocycles. The van der Waals surface area contributed by atoms with E-state index in [2.05, 4.69) is 10.0 Å². The third kappa shape index (κ3) is 4.85. The SMILES string of the molecule is Cc1ccc(NC(=O)CNS(=O)(=O)c2ccc([N+](=O)[O-])cc2)c(C)c1. The zero-order chi connectivity index (χ0) is 18.6. The molecule has 0 unspecified atom stereocenters. The third-order valence-corrected chi connectivity index (χ3v) is 4.85. The molecule has 0 aliphatic heterocycles. The summed E-state index contributed by atoms with van der Waals surface area (Å²) in [5, 5.41) is 13.2. The van der Waals surface area contributed by atoms with Crippen molar-refractivity contribution < 1.29 is 18.1 Å². The van der Waals surface area contributed by atoms with Gasteiger partial charge in [-0.05, 0) is 37.6 Å². The number of hydrogen-bond donors (Lipinski definition) is 2. The van der Waals surface area contributed by atoms with Gasteiger partial charge in [0.15, 0.2) is 0 Å². The lowest BCUT2D eigenvalue weighted by Crippen LogP contribution is -2.33. The lowest BCUT2D eigenvalue weighted by atomic mass is 10.1. The standard InChI is InChI=1S/C16H17N3O5S/c1-11-3-8-15(12(2)9-11)18-16(20)10-17-25(23,24)14-6-4-13(5-7-14)19(21)22/h3-9,17H,10H2,1-2H3,(H,18,20). The van der Waals surface area contributed by atoms with Gasteiger partial charge in [0.05, 0.1) is 16.4 Å². The minimum absolute atomic E-state index is 0.155. The van der Waals surface area contributed by atoms with E-state index in [1.807, 2.05) is 26.0 Å². The number of amides is 1. The Hall–Kier alpha value is -2.78. The van der Waals surface area contributed by atoms with Gasteiger partial charge in [0.2, 0.25) is 15.9 Å². The van der Waals surface area contributed by atoms with Crippen molar-refractivity contribution in [1.82, 2.24) is 4.72 Å². The third-order valence-electron chi connectivity index (χ3n) is 3.44. The second-order valence-electron chi connectivity index (χ2n) is 5.44. The smallest absolute Gasteiger partial charge is 0.269 e. The molecule has 0 bridgehead atoms. The Bertz CT molecular complexity index is 908. The van der Waals surface area contributed by atoms with E-state index in [0.717, 1.165) is 35.4 Å². The van der Waals surface area contributed by atoms with Crippen LogP contribution in [-0.4, -0.2) is 25.8 Å². The first-order chi connectivity index (χ1) is 11.7. The number of nitro groups is 1. The molecule has 25 heavy (non-hydrogen) atoms. The summed E-state index contributed by atoms with van der Waals surface area (Å²) in [5.41, 5.74) is 2.30. The average molecular weight is 363 g/mol. The van der Waals surface area contributed by atoms with E-state index in [0.29, 0.717) is 5.69 Å². The monoisotopic (exact) mass is 363 g/mol. The summed E-state index contributed by atoms with van der Waals surface area (Å²) >= 11 is 0. The number of non-ortho nitro benzene ring substituents is 1. The molecular weight excluding hydrogens is 346 g/mol. The van der Waals surface area contributed by atoms with Crippen molar-refractivity contribution in [3.8, 4) is 0 Å². The highest BCUT2D eigenvalue weighted by Gasteiger charge is 2.17. The molecule has 0 aliphatic rings. The fraction of sp³-hybridized carbons (Fsp3) is 0.188. The molecule has 0 spiro atoms. The van der Waals surface area contributed by atoms with Crippen LogP contribution in [0.2, 0.25) is 0 Å². The zero-order valence-electron chi connectivity index (χ0n) is 13.6. The number of benzene rings is 2. The van der Waals surface area contributed by atoms with E-state index in [1.165, 1.54) is 0 Å². The molecule has 0 radical (unpaired) electrons. The highest BCUT2D eigenvalue weighted by molar-refractivity contribution is 7.89. The van der Waals surface area contributed by atoms with Crippen molar-refractivity contribution in [2.45, 2.75) is 18.7 Å². The van der Waals surface area contributed by atoms with Gasteiger partial charge in [0.1, 0.15) is 0 Å². The van der Waals surface area contributed by atoms with Gasteiger partial charge in [0.25, 0.3) is 5.69 Å². The Morgan fingerprint density at radius 3 is 2.32 bits per heavy atom. The van der Waals surface area contributed by atoms with Gasteiger partial charge in [-0.3, -0.25) is 14.9 Å². The number of carbonyl (C=O) groups is 1. The van der Waals surface area contributed by atoms with Crippen molar-refractivity contribution in [2.75, 3.05) is 11.9 Å². The highest BCUT2D eigenvalue weighted by atomic mass is 32.2. The maximum absolute atomic E-state index is 12.1. The molecule has 0 saturated carbocycles. The van der Waals surface area contributed by atoms with Crippen molar-refractivity contribution in [3.05, 3.63) is 63.7 Å². The number of sulfonamides is 1. The van der Waals surface area contributed by atoms with Gasteiger partial charge in [-0.1, -0.05) is 17.7 Å². The quantitative estimate of drug-likeness (QED) is 0.602. The summed E-state index contributed by atoms with van der Waals surface area (Å²) in [6, 6.07) is 9.88. The Labute approximate surface area is 145 Å². The van der Waals surface area contributed by atoms with E-state index >= 15 is 0 Å². The van der Waals surface area contributed by atoms with E-state index < -0.39 is 27.4 Å². The fourth-order valence-electron chi connectivity index (χ4n) is 2.14. The van der Waals surface area contributed by atoms with Crippen molar-refractivity contribution in [1.29, 1.82) is 0 Å². The van der Waals surface area contributed by atoms with Gasteiger partial charge in [-0.15, -0.1) is 0 Å². The van der Waals surface area contributed by atoms with Gasteiger partial charge in [0, 0.05) is 17.8 Å². The molecule has 2 aromatic carbocycles. The lowest BCUT2D eigenvalue weighted by Gasteiger charge is -2.10. The Balaban J connectivity index is 2.01. The molecule has 0 aliphatic carbocycles. The summed E-state index contributed by atoms with van der Waals surface area (Å²) in [7, 11) is -3.94. The Morgan fingerprint density at radius 2 is 1.76 bits per heavy atom. The second kappa shape index (κ2) is 7.41. The predicted octanol–water partition coefficient (Wildman–Crippen LogP) is 2.13. The summed E-state index contributed by atoms with van der Waals surface area (Å²) in [6.07, 6.45) is 0. The number of nitrogens with zero attached hydrogens (tertiary/aromatic N) is 1. The molecular formula is C16H17N3O5S. The number of rotatable bonds is 6. The molecule has 0 aromatic heterocycles.